The molecule has 0 saturated carbocycles. The minimum Gasteiger partial charge on any atom is -0.301 e. The van der Waals surface area contributed by atoms with E-state index in [0.717, 1.165) is 12.8 Å². The monoisotopic (exact) mass is 196 g/mol. The summed E-state index contributed by atoms with van der Waals surface area (Å²) in [6.45, 7) is 4.97. The first-order valence-electron chi connectivity index (χ1n) is 4.89. The van der Waals surface area contributed by atoms with Crippen molar-refractivity contribution >= 4 is 0 Å². The van der Waals surface area contributed by atoms with E-state index in [2.05, 4.69) is 18.8 Å². The summed E-state index contributed by atoms with van der Waals surface area (Å²) in [5, 5.41) is 0. The van der Waals surface area contributed by atoms with Crippen molar-refractivity contribution < 1.29 is 0 Å². The Morgan fingerprint density at radius 2 is 2.14 bits per heavy atom. The molecule has 0 aromatic carbocycles. The van der Waals surface area contributed by atoms with E-state index in [1.54, 1.807) is 6.20 Å². The van der Waals surface area contributed by atoms with Gasteiger partial charge in [-0.05, 0) is 18.8 Å². The number of rotatable bonds is 4. The molecule has 4 heteroatoms. The second-order valence-corrected chi connectivity index (χ2v) is 3.84. The molecule has 1 heterocycles. The van der Waals surface area contributed by atoms with Gasteiger partial charge in [0.2, 0.25) is 0 Å². The van der Waals surface area contributed by atoms with Gasteiger partial charge in [0, 0.05) is 18.8 Å². The largest absolute Gasteiger partial charge is 0.328 e. The number of nitrogens with one attached hydrogen (secondary N) is 1. The van der Waals surface area contributed by atoms with Gasteiger partial charge in [-0.25, -0.2) is 4.79 Å². The highest BCUT2D eigenvalue weighted by molar-refractivity contribution is 4.82. The molecular weight excluding hydrogens is 180 g/mol. The molecule has 0 amide bonds. The third kappa shape index (κ3) is 3.20. The van der Waals surface area contributed by atoms with E-state index in [4.69, 9.17) is 0 Å². The molecule has 14 heavy (non-hydrogen) atoms. The predicted molar refractivity (Wildman–Crippen MR) is 55.4 cm³/mol. The van der Waals surface area contributed by atoms with Crippen LogP contribution in [0, 0.1) is 5.92 Å². The molecule has 0 atom stereocenters. The average molecular weight is 196 g/mol. The first-order chi connectivity index (χ1) is 6.59. The van der Waals surface area contributed by atoms with Crippen molar-refractivity contribution in [3.05, 3.63) is 33.1 Å². The van der Waals surface area contributed by atoms with Crippen molar-refractivity contribution in [1.82, 2.24) is 9.55 Å². The molecule has 0 fully saturated rings. The highest BCUT2D eigenvalue weighted by atomic mass is 16.2. The van der Waals surface area contributed by atoms with Crippen LogP contribution in [-0.2, 0) is 6.54 Å². The summed E-state index contributed by atoms with van der Waals surface area (Å²) < 4.78 is 1.53. The van der Waals surface area contributed by atoms with E-state index in [-0.39, 0.29) is 11.2 Å². The smallest absolute Gasteiger partial charge is 0.301 e. The third-order valence-corrected chi connectivity index (χ3v) is 2.08. The van der Waals surface area contributed by atoms with Gasteiger partial charge in [0.25, 0.3) is 5.56 Å². The van der Waals surface area contributed by atoms with Crippen molar-refractivity contribution in [3.8, 4) is 0 Å². The molecule has 0 saturated heterocycles. The zero-order valence-electron chi connectivity index (χ0n) is 8.62. The Morgan fingerprint density at radius 1 is 1.43 bits per heavy atom. The van der Waals surface area contributed by atoms with Gasteiger partial charge in [-0.1, -0.05) is 13.8 Å². The van der Waals surface area contributed by atoms with Crippen LogP contribution in [0.4, 0.5) is 0 Å². The molecule has 1 aromatic rings. The van der Waals surface area contributed by atoms with Crippen molar-refractivity contribution in [2.24, 2.45) is 5.92 Å². The second-order valence-electron chi connectivity index (χ2n) is 3.84. The number of hydrogen-bond donors (Lipinski definition) is 1. The molecule has 1 rings (SSSR count). The van der Waals surface area contributed by atoms with Gasteiger partial charge in [-0.15, -0.1) is 0 Å². The van der Waals surface area contributed by atoms with Gasteiger partial charge in [-0.2, -0.15) is 0 Å². The summed E-state index contributed by atoms with van der Waals surface area (Å²) in [5.74, 6) is 0.647. The van der Waals surface area contributed by atoms with Crippen LogP contribution >= 0.6 is 0 Å². The van der Waals surface area contributed by atoms with Crippen molar-refractivity contribution in [1.29, 1.82) is 0 Å². The highest BCUT2D eigenvalue weighted by Gasteiger charge is 1.97. The van der Waals surface area contributed by atoms with Crippen molar-refractivity contribution in [3.63, 3.8) is 0 Å². The molecule has 1 N–H and O–H groups in total. The van der Waals surface area contributed by atoms with Gasteiger partial charge in [0.1, 0.15) is 0 Å². The third-order valence-electron chi connectivity index (χ3n) is 2.08. The number of aromatic nitrogens is 2. The molecular formula is C10H16N2O2. The van der Waals surface area contributed by atoms with Crippen LogP contribution in [0.3, 0.4) is 0 Å². The second kappa shape index (κ2) is 4.79. The quantitative estimate of drug-likeness (QED) is 0.780. The van der Waals surface area contributed by atoms with Crippen LogP contribution in [0.2, 0.25) is 0 Å². The Bertz CT molecular complexity index is 390. The Labute approximate surface area is 82.6 Å². The summed E-state index contributed by atoms with van der Waals surface area (Å²) in [6, 6.07) is 1.37. The molecule has 0 aliphatic heterocycles. The van der Waals surface area contributed by atoms with Crippen LogP contribution in [-0.4, -0.2) is 9.55 Å². The summed E-state index contributed by atoms with van der Waals surface area (Å²) in [4.78, 5) is 24.2. The van der Waals surface area contributed by atoms with E-state index < -0.39 is 0 Å². The van der Waals surface area contributed by atoms with Gasteiger partial charge >= 0.3 is 5.69 Å². The fraction of sp³-hybridized carbons (Fsp3) is 0.600. The lowest BCUT2D eigenvalue weighted by Gasteiger charge is -2.05. The summed E-state index contributed by atoms with van der Waals surface area (Å²) in [5.41, 5.74) is -0.656. The summed E-state index contributed by atoms with van der Waals surface area (Å²) in [7, 11) is 0. The highest BCUT2D eigenvalue weighted by Crippen LogP contribution is 2.03. The van der Waals surface area contributed by atoms with Gasteiger partial charge in [-0.3, -0.25) is 9.78 Å². The lowest BCUT2D eigenvalue weighted by molar-refractivity contribution is 0.501. The molecule has 1 aromatic heterocycles. The molecule has 0 unspecified atom stereocenters. The first-order valence-corrected chi connectivity index (χ1v) is 4.89. The van der Waals surface area contributed by atoms with E-state index in [1.807, 2.05) is 0 Å². The number of aromatic amines is 1. The molecule has 0 aliphatic carbocycles. The molecule has 78 valence electrons. The number of aryl methyl sites for hydroxylation is 1. The zero-order valence-corrected chi connectivity index (χ0v) is 8.62. The number of H-pyrrole nitrogens is 1. The van der Waals surface area contributed by atoms with Gasteiger partial charge in [0.05, 0.1) is 0 Å². The molecule has 0 aliphatic rings. The molecule has 0 radical (unpaired) electrons. The Balaban J connectivity index is 2.60. The van der Waals surface area contributed by atoms with Crippen LogP contribution < -0.4 is 11.2 Å². The summed E-state index contributed by atoms with van der Waals surface area (Å²) >= 11 is 0. The lowest BCUT2D eigenvalue weighted by Crippen LogP contribution is -2.28. The summed E-state index contributed by atoms with van der Waals surface area (Å²) in [6.07, 6.45) is 3.59. The first kappa shape index (κ1) is 10.8. The Hall–Kier alpha value is -1.32. The van der Waals surface area contributed by atoms with E-state index in [9.17, 15) is 9.59 Å². The minimum absolute atomic E-state index is 0.318. The zero-order chi connectivity index (χ0) is 10.6. The maximum absolute atomic E-state index is 11.2. The Kier molecular flexibility index (Phi) is 3.68. The van der Waals surface area contributed by atoms with Crippen LogP contribution in [0.25, 0.3) is 0 Å². The SMILES string of the molecule is CC(C)CCCn1ccc(=O)[nH]c1=O. The lowest BCUT2D eigenvalue weighted by atomic mass is 10.1. The fourth-order valence-corrected chi connectivity index (χ4v) is 1.29. The normalized spacial score (nSPS) is 10.8. The van der Waals surface area contributed by atoms with E-state index in [0.29, 0.717) is 12.5 Å². The molecule has 0 bridgehead atoms. The van der Waals surface area contributed by atoms with E-state index in [1.165, 1.54) is 10.6 Å². The van der Waals surface area contributed by atoms with Crippen molar-refractivity contribution in [2.45, 2.75) is 33.2 Å². The van der Waals surface area contributed by atoms with Crippen LogP contribution in [0.15, 0.2) is 21.9 Å². The average Bonchev–Trinajstić information content (AvgIpc) is 2.08. The standard InChI is InChI=1S/C10H16N2O2/c1-8(2)4-3-6-12-7-5-9(13)11-10(12)14/h5,7-8H,3-4,6H2,1-2H3,(H,11,13,14). The van der Waals surface area contributed by atoms with Gasteiger partial charge in [0.15, 0.2) is 0 Å². The predicted octanol–water partition coefficient (Wildman–Crippen LogP) is 0.973. The molecule has 4 nitrogen and oxygen atoms in total. The maximum atomic E-state index is 11.2. The fourth-order valence-electron chi connectivity index (χ4n) is 1.29. The Morgan fingerprint density at radius 3 is 2.71 bits per heavy atom. The van der Waals surface area contributed by atoms with E-state index >= 15 is 0 Å². The number of nitrogens with zero attached hydrogens (tertiary/aromatic N) is 1. The van der Waals surface area contributed by atoms with Gasteiger partial charge < -0.3 is 4.57 Å². The number of hydrogen-bond acceptors (Lipinski definition) is 2. The topological polar surface area (TPSA) is 54.9 Å². The van der Waals surface area contributed by atoms with Crippen LogP contribution in [0.1, 0.15) is 26.7 Å². The van der Waals surface area contributed by atoms with Crippen molar-refractivity contribution in [2.75, 3.05) is 0 Å². The molecule has 0 spiro atoms. The maximum Gasteiger partial charge on any atom is 0.328 e. The van der Waals surface area contributed by atoms with Crippen LogP contribution in [0.5, 0.6) is 0 Å². The minimum atomic E-state index is -0.338.